The molecular weight excluding hydrogens is 875 g/mol. The maximum absolute atomic E-state index is 15.1. The van der Waals surface area contributed by atoms with Crippen molar-refractivity contribution in [2.75, 3.05) is 13.2 Å². The van der Waals surface area contributed by atoms with Crippen LogP contribution in [0.5, 0.6) is 11.5 Å². The number of carbonyl (C=O) groups excluding carboxylic acids is 2. The van der Waals surface area contributed by atoms with Crippen LogP contribution in [0.25, 0.3) is 21.9 Å². The Kier molecular flexibility index (Phi) is 12.6. The first-order valence-corrected chi connectivity index (χ1v) is 24.4. The van der Waals surface area contributed by atoms with E-state index in [0.717, 1.165) is 75.3 Å². The molecule has 0 amide bonds. The van der Waals surface area contributed by atoms with Crippen LogP contribution in [0.2, 0.25) is 0 Å². The highest BCUT2D eigenvalue weighted by Crippen LogP contribution is 2.50. The van der Waals surface area contributed by atoms with Crippen LogP contribution in [0.4, 0.5) is 8.78 Å². The number of esters is 2. The standard InChI is InChI=1S/C30H26FNO3.C27H32BFO5/c1-2-34-30(33)25-15-24(25)18-7-9-20(10-8-18)35-28-14-12-23-22(11-13-27(31)29(23)28)26-17-32-16-19-5-3-4-6-21(19)26;1-6-31-25(30)20-15-19(20)16-7-9-17(10-8-16)32-23-14-11-18-21(12-13-22(29)24(18)23)28-33-26(2,3)27(4,5)34-28/h3-11,13,16-17,24-25,28H,2,12,14-15H2,1H3;7-10,12-13,19-20,23H,6,11,14-15H2,1-5H3/t24-,25+,28-;19-,20+,23-/m11/s1. The van der Waals surface area contributed by atoms with Gasteiger partial charge in [-0.3, -0.25) is 14.6 Å². The van der Waals surface area contributed by atoms with Crippen LogP contribution in [0, 0.1) is 23.5 Å². The smallest absolute Gasteiger partial charge is 0.486 e. The Morgan fingerprint density at radius 2 is 1.14 bits per heavy atom. The number of ether oxygens (including phenoxy) is 4. The number of halogens is 2. The van der Waals surface area contributed by atoms with Crippen molar-refractivity contribution in [2.45, 2.75) is 115 Å². The summed E-state index contributed by atoms with van der Waals surface area (Å²) < 4.78 is 65.3. The first-order valence-electron chi connectivity index (χ1n) is 24.4. The van der Waals surface area contributed by atoms with E-state index in [0.29, 0.717) is 48.7 Å². The monoisotopic (exact) mass is 933 g/mol. The van der Waals surface area contributed by atoms with E-state index < -0.39 is 18.3 Å². The minimum absolute atomic E-state index is 0.0421. The van der Waals surface area contributed by atoms with E-state index in [1.54, 1.807) is 12.1 Å². The molecular formula is C57H58BF2NO8. The summed E-state index contributed by atoms with van der Waals surface area (Å²) in [7, 11) is -0.525. The van der Waals surface area contributed by atoms with Crippen LogP contribution in [0.3, 0.4) is 0 Å². The number of rotatable bonds is 12. The van der Waals surface area contributed by atoms with Crippen LogP contribution in [0.1, 0.15) is 125 Å². The highest BCUT2D eigenvalue weighted by Gasteiger charge is 2.53. The summed E-state index contributed by atoms with van der Waals surface area (Å²) in [6.45, 7) is 12.5. The summed E-state index contributed by atoms with van der Waals surface area (Å²) in [5.41, 5.74) is 7.39. The van der Waals surface area contributed by atoms with Gasteiger partial charge in [-0.2, -0.15) is 0 Å². The van der Waals surface area contributed by atoms with Gasteiger partial charge >= 0.3 is 19.1 Å². The minimum Gasteiger partial charge on any atom is -0.486 e. The summed E-state index contributed by atoms with van der Waals surface area (Å²) >= 11 is 0. The van der Waals surface area contributed by atoms with Crippen molar-refractivity contribution in [2.24, 2.45) is 11.8 Å². The summed E-state index contributed by atoms with van der Waals surface area (Å²) in [6.07, 6.45) is 7.53. The van der Waals surface area contributed by atoms with Crippen molar-refractivity contribution in [3.63, 3.8) is 0 Å². The predicted octanol–water partition coefficient (Wildman–Crippen LogP) is 11.6. The Hall–Kier alpha value is -6.11. The van der Waals surface area contributed by atoms with E-state index in [1.807, 2.05) is 127 Å². The number of hydrogen-bond donors (Lipinski definition) is 0. The van der Waals surface area contributed by atoms with Gasteiger partial charge in [-0.05, 0) is 167 Å². The molecule has 0 bridgehead atoms. The molecule has 3 fully saturated rings. The first kappa shape index (κ1) is 46.6. The van der Waals surface area contributed by atoms with Gasteiger partial charge in [0.25, 0.3) is 0 Å². The molecule has 5 aromatic carbocycles. The second-order valence-electron chi connectivity index (χ2n) is 19.8. The second-order valence-corrected chi connectivity index (χ2v) is 19.8. The molecule has 356 valence electrons. The molecule has 1 aliphatic heterocycles. The topological polar surface area (TPSA) is 102 Å². The average Bonchev–Trinajstić information content (AvgIpc) is 4.22. The van der Waals surface area contributed by atoms with Gasteiger partial charge in [0.15, 0.2) is 0 Å². The lowest BCUT2D eigenvalue weighted by molar-refractivity contribution is -0.145. The van der Waals surface area contributed by atoms with E-state index in [1.165, 1.54) is 6.07 Å². The fourth-order valence-electron chi connectivity index (χ4n) is 10.4. The van der Waals surface area contributed by atoms with E-state index >= 15 is 4.39 Å². The average molecular weight is 934 g/mol. The van der Waals surface area contributed by atoms with E-state index in [2.05, 4.69) is 11.1 Å². The van der Waals surface area contributed by atoms with Crippen molar-refractivity contribution in [3.8, 4) is 22.6 Å². The molecule has 0 radical (unpaired) electrons. The highest BCUT2D eigenvalue weighted by atomic mass is 19.1. The Morgan fingerprint density at radius 1 is 0.638 bits per heavy atom. The third kappa shape index (κ3) is 9.14. The van der Waals surface area contributed by atoms with Gasteiger partial charge < -0.3 is 28.3 Å². The summed E-state index contributed by atoms with van der Waals surface area (Å²) in [6, 6.07) is 30.5. The maximum Gasteiger partial charge on any atom is 0.495 e. The van der Waals surface area contributed by atoms with Gasteiger partial charge in [0, 0.05) is 34.5 Å². The molecule has 6 atom stereocenters. The van der Waals surface area contributed by atoms with Gasteiger partial charge in [-0.15, -0.1) is 0 Å². The number of nitrogens with zero attached hydrogens (tertiary/aromatic N) is 1. The molecule has 5 aliphatic rings. The van der Waals surface area contributed by atoms with Crippen molar-refractivity contribution >= 4 is 35.3 Å². The van der Waals surface area contributed by atoms with Crippen LogP contribution in [-0.4, -0.2) is 48.5 Å². The van der Waals surface area contributed by atoms with Crippen molar-refractivity contribution < 1.29 is 46.6 Å². The number of carbonyl (C=O) groups is 2. The SMILES string of the molecule is CCOC(=O)[C@H]1C[C@@H]1c1ccc(O[C@@H]2CCc3c(-c4cncc5ccccc45)ccc(F)c32)cc1.CCOC(=O)[C@H]1C[C@@H]1c1ccc(O[C@@H]2CCc3c(B4OC(C)(C)C(C)(C)O4)ccc(F)c32)cc1. The molecule has 9 nitrogen and oxygen atoms in total. The second kappa shape index (κ2) is 18.7. The lowest BCUT2D eigenvalue weighted by Crippen LogP contribution is -2.41. The zero-order chi connectivity index (χ0) is 48.2. The normalized spacial score (nSPS) is 23.3. The maximum atomic E-state index is 15.1. The van der Waals surface area contributed by atoms with E-state index in [4.69, 9.17) is 28.3 Å². The molecule has 4 aliphatic carbocycles. The fraction of sp³-hybridized carbons (Fsp3) is 0.386. The molecule has 1 aromatic heterocycles. The molecule has 0 unspecified atom stereocenters. The number of fused-ring (bicyclic) bond motifs is 3. The third-order valence-electron chi connectivity index (χ3n) is 15.0. The van der Waals surface area contributed by atoms with Crippen molar-refractivity contribution in [3.05, 3.63) is 154 Å². The van der Waals surface area contributed by atoms with Crippen LogP contribution < -0.4 is 14.9 Å². The zero-order valence-corrected chi connectivity index (χ0v) is 40.1. The number of aromatic nitrogens is 1. The number of hydrogen-bond acceptors (Lipinski definition) is 9. The molecule has 1 saturated heterocycles. The molecule has 12 heteroatoms. The summed E-state index contributed by atoms with van der Waals surface area (Å²) in [5, 5.41) is 2.17. The van der Waals surface area contributed by atoms with Gasteiger partial charge in [0.1, 0.15) is 35.3 Å². The fourth-order valence-corrected chi connectivity index (χ4v) is 10.4. The number of benzene rings is 5. The Labute approximate surface area is 403 Å². The van der Waals surface area contributed by atoms with E-state index in [9.17, 15) is 14.0 Å². The third-order valence-corrected chi connectivity index (χ3v) is 15.0. The molecule has 0 N–H and O–H groups in total. The first-order chi connectivity index (χ1) is 33.2. The highest BCUT2D eigenvalue weighted by molar-refractivity contribution is 6.62. The summed E-state index contributed by atoms with van der Waals surface area (Å²) in [4.78, 5) is 28.3. The molecule has 0 spiro atoms. The van der Waals surface area contributed by atoms with Crippen molar-refractivity contribution in [1.82, 2.24) is 4.98 Å². The van der Waals surface area contributed by atoms with Crippen LogP contribution in [0.15, 0.2) is 109 Å². The molecule has 69 heavy (non-hydrogen) atoms. The van der Waals surface area contributed by atoms with Gasteiger partial charge in [-0.1, -0.05) is 60.7 Å². The number of pyridine rings is 1. The zero-order valence-electron chi connectivity index (χ0n) is 40.1. The minimum atomic E-state index is -0.525. The Bertz CT molecular complexity index is 2880. The molecule has 11 rings (SSSR count). The predicted molar refractivity (Wildman–Crippen MR) is 260 cm³/mol. The molecule has 6 aromatic rings. The van der Waals surface area contributed by atoms with Crippen LogP contribution in [-0.2, 0) is 41.2 Å². The molecule has 2 heterocycles. The quantitative estimate of drug-likeness (QED) is 0.0877. The lowest BCUT2D eigenvalue weighted by Gasteiger charge is -2.32. The Balaban J connectivity index is 0.000000160. The van der Waals surface area contributed by atoms with Crippen LogP contribution >= 0.6 is 0 Å². The van der Waals surface area contributed by atoms with Gasteiger partial charge in [0.2, 0.25) is 0 Å². The lowest BCUT2D eigenvalue weighted by atomic mass is 9.75. The van der Waals surface area contributed by atoms with Gasteiger partial charge in [-0.25, -0.2) is 8.78 Å². The summed E-state index contributed by atoms with van der Waals surface area (Å²) in [5.74, 6) is 1.000. The Morgan fingerprint density at radius 3 is 1.70 bits per heavy atom. The van der Waals surface area contributed by atoms with Crippen molar-refractivity contribution in [1.29, 1.82) is 0 Å². The van der Waals surface area contributed by atoms with E-state index in [-0.39, 0.29) is 59.5 Å². The largest absolute Gasteiger partial charge is 0.495 e. The van der Waals surface area contributed by atoms with Gasteiger partial charge in [0.05, 0.1) is 36.3 Å². The molecule has 2 saturated carbocycles.